The molecule has 1 aromatic carbocycles. The second kappa shape index (κ2) is 9.12. The van der Waals surface area contributed by atoms with Crippen molar-refractivity contribution in [3.8, 4) is 10.4 Å². The molecule has 184 valence electrons. The van der Waals surface area contributed by atoms with E-state index in [1.807, 2.05) is 25.1 Å². The molecule has 0 bridgehead atoms. The zero-order valence-corrected chi connectivity index (χ0v) is 22.8. The molecule has 2 N–H and O–H groups in total. The smallest absolute Gasteiger partial charge is 0.189 e. The van der Waals surface area contributed by atoms with E-state index in [4.69, 9.17) is 4.98 Å². The summed E-state index contributed by atoms with van der Waals surface area (Å²) in [5, 5.41) is 4.23. The first-order chi connectivity index (χ1) is 16.7. The first-order valence-corrected chi connectivity index (χ1v) is 15.0. The second-order valence-corrected chi connectivity index (χ2v) is 13.3. The highest BCUT2D eigenvalue weighted by Gasteiger charge is 2.37. The average molecular weight is 506 g/mol. The van der Waals surface area contributed by atoms with Gasteiger partial charge in [-0.15, -0.1) is 9.39 Å². The maximum atomic E-state index is 4.82. The lowest BCUT2D eigenvalue weighted by atomic mass is 10.0. The first-order valence-electron chi connectivity index (χ1n) is 12.2. The van der Waals surface area contributed by atoms with Gasteiger partial charge in [0, 0.05) is 41.0 Å². The summed E-state index contributed by atoms with van der Waals surface area (Å²) in [6.45, 7) is 14.8. The van der Waals surface area contributed by atoms with Crippen LogP contribution in [0.15, 0.2) is 41.8 Å². The van der Waals surface area contributed by atoms with Crippen molar-refractivity contribution in [3.63, 3.8) is 0 Å². The number of pyridine rings is 1. The van der Waals surface area contributed by atoms with E-state index in [9.17, 15) is 0 Å². The van der Waals surface area contributed by atoms with Gasteiger partial charge in [0.15, 0.2) is 5.13 Å². The first kappa shape index (κ1) is 24.1. The Bertz CT molecular complexity index is 1400. The van der Waals surface area contributed by atoms with Crippen LogP contribution in [0.4, 0.5) is 10.9 Å². The molecule has 7 heteroatoms. The molecule has 1 fully saturated rings. The highest BCUT2D eigenvalue weighted by molar-refractivity contribution is 8.26. The minimum absolute atomic E-state index is 0.507. The van der Waals surface area contributed by atoms with Crippen LogP contribution >= 0.6 is 20.7 Å². The molecule has 3 heterocycles. The Morgan fingerprint density at radius 2 is 1.97 bits per heavy atom. The third-order valence-corrected chi connectivity index (χ3v) is 10.1. The van der Waals surface area contributed by atoms with Crippen molar-refractivity contribution in [3.05, 3.63) is 59.4 Å². The van der Waals surface area contributed by atoms with Gasteiger partial charge < -0.3 is 10.2 Å². The van der Waals surface area contributed by atoms with E-state index < -0.39 is 9.39 Å². The number of nitrogens with one attached hydrogen (secondary N) is 2. The fourth-order valence-corrected chi connectivity index (χ4v) is 7.67. The van der Waals surface area contributed by atoms with Crippen molar-refractivity contribution in [2.45, 2.75) is 58.0 Å². The molecule has 0 saturated heterocycles. The number of aromatic nitrogens is 2. The van der Waals surface area contributed by atoms with Crippen LogP contribution in [0, 0.1) is 19.8 Å². The van der Waals surface area contributed by atoms with Crippen molar-refractivity contribution in [2.24, 2.45) is 5.92 Å². The van der Waals surface area contributed by atoms with Gasteiger partial charge >= 0.3 is 0 Å². The molecule has 2 aliphatic rings. The quantitative estimate of drug-likeness (QED) is 0.334. The van der Waals surface area contributed by atoms with E-state index in [-0.39, 0.29) is 0 Å². The van der Waals surface area contributed by atoms with Crippen LogP contribution in [0.2, 0.25) is 0 Å². The minimum atomic E-state index is -1.69. The maximum absolute atomic E-state index is 4.82. The summed E-state index contributed by atoms with van der Waals surface area (Å²) in [5.41, 5.74) is 6.84. The van der Waals surface area contributed by atoms with E-state index in [0.717, 1.165) is 51.9 Å². The Labute approximate surface area is 213 Å². The molecule has 0 spiro atoms. The number of nitrogens with zero attached hydrogens (tertiary/aromatic N) is 3. The normalized spacial score (nSPS) is 16.5. The van der Waals surface area contributed by atoms with E-state index in [2.05, 4.69) is 71.1 Å². The Kier molecular flexibility index (Phi) is 6.28. The van der Waals surface area contributed by atoms with Crippen molar-refractivity contribution in [1.82, 2.24) is 19.6 Å². The van der Waals surface area contributed by atoms with Crippen LogP contribution < -0.4 is 10.0 Å². The Morgan fingerprint density at radius 3 is 2.66 bits per heavy atom. The molecule has 1 unspecified atom stereocenters. The standard InChI is InChI=1S/C28H35N5S2/c1-8-29-35(6,7)24-15-22(14-23-16-33(20(5)26(23)24)19(4)21-12-13-21)27-18(3)31-28(34-27)32-25-11-9-10-17(2)30-25/h9-11,14-15,19,21,29H,5-8,12-13,16H2,1-4H3,(H,30,31,32). The minimum Gasteiger partial charge on any atom is -0.364 e. The van der Waals surface area contributed by atoms with Gasteiger partial charge in [-0.05, 0) is 74.9 Å². The average Bonchev–Trinajstić information content (AvgIpc) is 3.51. The number of thiazole rings is 1. The molecule has 0 radical (unpaired) electrons. The van der Waals surface area contributed by atoms with Gasteiger partial charge in [0.25, 0.3) is 0 Å². The molecule has 1 saturated carbocycles. The molecule has 5 rings (SSSR count). The van der Waals surface area contributed by atoms with Crippen LogP contribution in [0.5, 0.6) is 0 Å². The van der Waals surface area contributed by atoms with Gasteiger partial charge in [0.05, 0.1) is 10.6 Å². The molecule has 5 nitrogen and oxygen atoms in total. The van der Waals surface area contributed by atoms with Crippen LogP contribution in [-0.2, 0) is 6.54 Å². The lowest BCUT2D eigenvalue weighted by molar-refractivity contribution is 0.290. The molecule has 2 aromatic heterocycles. The lowest BCUT2D eigenvalue weighted by Crippen LogP contribution is -2.28. The van der Waals surface area contributed by atoms with Crippen LogP contribution in [-0.4, -0.2) is 39.2 Å². The largest absolute Gasteiger partial charge is 0.364 e. The SMILES string of the molecule is C=C1c2c(cc(-c3sc(Nc4cccc(C)n4)nc3C)cc2S(=C)(=C)NCC)CN1C(C)C1CC1. The van der Waals surface area contributed by atoms with E-state index in [1.54, 1.807) is 11.3 Å². The van der Waals surface area contributed by atoms with Crippen molar-refractivity contribution in [2.75, 3.05) is 11.9 Å². The summed E-state index contributed by atoms with van der Waals surface area (Å²) in [5.74, 6) is 10.7. The fraction of sp³-hybridized carbons (Fsp3) is 0.357. The van der Waals surface area contributed by atoms with Crippen LogP contribution in [0.25, 0.3) is 16.1 Å². The number of fused-ring (bicyclic) bond motifs is 1. The molecule has 1 aliphatic heterocycles. The van der Waals surface area contributed by atoms with Crippen LogP contribution in [0.1, 0.15) is 49.2 Å². The molecule has 1 aliphatic carbocycles. The third kappa shape index (κ3) is 4.65. The fourth-order valence-electron chi connectivity index (χ4n) is 5.00. The number of hydrogen-bond donors (Lipinski definition) is 2. The number of hydrogen-bond acceptors (Lipinski definition) is 6. The van der Waals surface area contributed by atoms with Gasteiger partial charge in [-0.3, -0.25) is 4.72 Å². The zero-order chi connectivity index (χ0) is 24.9. The summed E-state index contributed by atoms with van der Waals surface area (Å²) in [6, 6.07) is 11.1. The second-order valence-electron chi connectivity index (χ2n) is 9.77. The van der Waals surface area contributed by atoms with E-state index >= 15 is 0 Å². The highest BCUT2D eigenvalue weighted by Crippen LogP contribution is 2.48. The highest BCUT2D eigenvalue weighted by atomic mass is 32.2. The van der Waals surface area contributed by atoms with Gasteiger partial charge in [-0.2, -0.15) is 0 Å². The summed E-state index contributed by atoms with van der Waals surface area (Å²) in [4.78, 5) is 14.2. The third-order valence-electron chi connectivity index (χ3n) is 6.98. The lowest BCUT2D eigenvalue weighted by Gasteiger charge is -2.28. The number of aryl methyl sites for hydroxylation is 2. The zero-order valence-electron chi connectivity index (χ0n) is 21.1. The van der Waals surface area contributed by atoms with Gasteiger partial charge in [-0.25, -0.2) is 9.97 Å². The van der Waals surface area contributed by atoms with Crippen LogP contribution in [0.3, 0.4) is 0 Å². The Morgan fingerprint density at radius 1 is 1.20 bits per heavy atom. The Hall–Kier alpha value is -2.61. The van der Waals surface area contributed by atoms with Crippen molar-refractivity contribution >= 4 is 49.1 Å². The topological polar surface area (TPSA) is 53.1 Å². The molecule has 35 heavy (non-hydrogen) atoms. The molecular weight excluding hydrogens is 470 g/mol. The summed E-state index contributed by atoms with van der Waals surface area (Å²) in [6.07, 6.45) is 2.64. The number of benzene rings is 1. The van der Waals surface area contributed by atoms with Crippen molar-refractivity contribution in [1.29, 1.82) is 0 Å². The van der Waals surface area contributed by atoms with Gasteiger partial charge in [0.1, 0.15) is 5.82 Å². The maximum Gasteiger partial charge on any atom is 0.189 e. The molecule has 1 atom stereocenters. The summed E-state index contributed by atoms with van der Waals surface area (Å²) < 4.78 is 3.57. The van der Waals surface area contributed by atoms with E-state index in [1.165, 1.54) is 34.4 Å². The van der Waals surface area contributed by atoms with Crippen molar-refractivity contribution < 1.29 is 0 Å². The summed E-state index contributed by atoms with van der Waals surface area (Å²) in [7, 11) is -1.69. The summed E-state index contributed by atoms with van der Waals surface area (Å²) >= 11 is 1.66. The molecular formula is C28H35N5S2. The van der Waals surface area contributed by atoms with E-state index in [0.29, 0.717) is 6.04 Å². The number of rotatable bonds is 8. The predicted molar refractivity (Wildman–Crippen MR) is 155 cm³/mol. The number of anilines is 2. The molecule has 3 aromatic rings. The van der Waals surface area contributed by atoms with Gasteiger partial charge in [0.2, 0.25) is 0 Å². The molecule has 0 amide bonds. The monoisotopic (exact) mass is 505 g/mol. The predicted octanol–water partition coefficient (Wildman–Crippen LogP) is 6.70. The Balaban J connectivity index is 1.57. The van der Waals surface area contributed by atoms with Gasteiger partial charge in [-0.1, -0.05) is 42.6 Å².